The molecule has 0 aliphatic carbocycles. The van der Waals surface area contributed by atoms with Crippen molar-refractivity contribution < 1.29 is 19.5 Å². The number of nitrogens with zero attached hydrogens (tertiary/aromatic N) is 2. The number of benzene rings is 7. The third-order valence-electron chi connectivity index (χ3n) is 8.51. The molecule has 7 aromatic carbocycles. The van der Waals surface area contributed by atoms with Crippen LogP contribution in [0.1, 0.15) is 15.1 Å². The second kappa shape index (κ2) is 9.22. The summed E-state index contributed by atoms with van der Waals surface area (Å²) in [5, 5.41) is 2.76. The zero-order chi connectivity index (χ0) is 39.1. The van der Waals surface area contributed by atoms with Gasteiger partial charge in [0.1, 0.15) is 11.2 Å². The average molecular weight is 586 g/mol. The quantitative estimate of drug-likeness (QED) is 0.202. The lowest BCUT2D eigenvalue weighted by Gasteiger charge is -2.15. The Bertz CT molecular complexity index is 3340. The number of fused-ring (bicyclic) bond motifs is 9. The Balaban J connectivity index is 1.46. The number of rotatable bonds is 3. The summed E-state index contributed by atoms with van der Waals surface area (Å²) in [6, 6.07) is 22.0. The van der Waals surface area contributed by atoms with Gasteiger partial charge in [0.15, 0.2) is 0 Å². The maximum absolute atomic E-state index is 9.87. The molecule has 0 spiro atoms. The van der Waals surface area contributed by atoms with E-state index < -0.39 is 54.4 Å². The van der Waals surface area contributed by atoms with Crippen molar-refractivity contribution in [2.75, 3.05) is 0 Å². The standard InChI is InChI=1S/C42H26N2O/c1-6-18-35-28(12-1)29-13-2-7-19-36(29)43(35)27-24-25-39-34(26-27)31-15-4-9-21-38(31)44(39)37-20-8-3-14-30(37)32-17-11-23-41-42(32)33-16-5-10-22-40(33)45-41/h1-26H/i3D,4D,8D,9D,14D,15D,20D,21D,24D,25D,26D. The van der Waals surface area contributed by atoms with Gasteiger partial charge in [-0.2, -0.15) is 0 Å². The smallest absolute Gasteiger partial charge is 0.136 e. The zero-order valence-electron chi connectivity index (χ0n) is 34.5. The monoisotopic (exact) mass is 585 g/mol. The van der Waals surface area contributed by atoms with Crippen molar-refractivity contribution in [1.29, 1.82) is 0 Å². The molecule has 0 amide bonds. The third-order valence-corrected chi connectivity index (χ3v) is 8.51. The molecule has 3 heterocycles. The van der Waals surface area contributed by atoms with Crippen LogP contribution in [0.2, 0.25) is 0 Å². The van der Waals surface area contributed by atoms with Gasteiger partial charge in [0.25, 0.3) is 0 Å². The summed E-state index contributed by atoms with van der Waals surface area (Å²) >= 11 is 0. The Hall–Kier alpha value is -6.06. The first-order valence-electron chi connectivity index (χ1n) is 20.0. The topological polar surface area (TPSA) is 23.0 Å². The van der Waals surface area contributed by atoms with Crippen LogP contribution in [0.4, 0.5) is 0 Å². The molecule has 45 heavy (non-hydrogen) atoms. The van der Waals surface area contributed by atoms with Crippen LogP contribution in [0, 0.1) is 0 Å². The molecule has 0 aliphatic heterocycles. The maximum atomic E-state index is 9.87. The van der Waals surface area contributed by atoms with E-state index >= 15 is 0 Å². The van der Waals surface area contributed by atoms with Crippen molar-refractivity contribution in [1.82, 2.24) is 9.13 Å². The van der Waals surface area contributed by atoms with E-state index in [1.165, 1.54) is 4.57 Å². The fourth-order valence-corrected chi connectivity index (χ4v) is 6.65. The highest BCUT2D eigenvalue weighted by molar-refractivity contribution is 6.15. The largest absolute Gasteiger partial charge is 0.456 e. The highest BCUT2D eigenvalue weighted by atomic mass is 16.3. The minimum absolute atomic E-state index is 0.0108. The van der Waals surface area contributed by atoms with Crippen LogP contribution in [0.15, 0.2) is 162 Å². The minimum Gasteiger partial charge on any atom is -0.456 e. The molecule has 0 saturated carbocycles. The molecule has 3 nitrogen and oxygen atoms in total. The van der Waals surface area contributed by atoms with Crippen molar-refractivity contribution in [3.05, 3.63) is 157 Å². The van der Waals surface area contributed by atoms with E-state index in [4.69, 9.17) is 9.90 Å². The van der Waals surface area contributed by atoms with E-state index in [9.17, 15) is 9.60 Å². The predicted molar refractivity (Wildman–Crippen MR) is 188 cm³/mol. The Morgan fingerprint density at radius 2 is 1.11 bits per heavy atom. The molecule has 210 valence electrons. The van der Waals surface area contributed by atoms with Gasteiger partial charge in [0, 0.05) is 43.6 Å². The molecule has 3 heteroatoms. The van der Waals surface area contributed by atoms with Crippen LogP contribution < -0.4 is 0 Å². The molecule has 0 fully saturated rings. The number of furan rings is 1. The van der Waals surface area contributed by atoms with Crippen molar-refractivity contribution in [2.45, 2.75) is 0 Å². The fraction of sp³-hybridized carbons (Fsp3) is 0. The van der Waals surface area contributed by atoms with Gasteiger partial charge in [-0.3, -0.25) is 0 Å². The molecule has 0 atom stereocenters. The Morgan fingerprint density at radius 3 is 1.96 bits per heavy atom. The maximum Gasteiger partial charge on any atom is 0.136 e. The van der Waals surface area contributed by atoms with E-state index in [-0.39, 0.29) is 50.8 Å². The normalized spacial score (nSPS) is 15.4. The first-order chi connectivity index (χ1) is 26.9. The van der Waals surface area contributed by atoms with E-state index in [2.05, 4.69) is 0 Å². The van der Waals surface area contributed by atoms with Crippen LogP contribution in [0.5, 0.6) is 0 Å². The van der Waals surface area contributed by atoms with Crippen molar-refractivity contribution >= 4 is 65.6 Å². The van der Waals surface area contributed by atoms with Crippen molar-refractivity contribution in [3.63, 3.8) is 0 Å². The molecule has 0 aliphatic rings. The first-order valence-corrected chi connectivity index (χ1v) is 14.5. The average Bonchev–Trinajstić information content (AvgIpc) is 3.88. The fourth-order valence-electron chi connectivity index (χ4n) is 6.65. The molecule has 0 radical (unpaired) electrons. The lowest BCUT2D eigenvalue weighted by atomic mass is 9.98. The second-order valence-corrected chi connectivity index (χ2v) is 10.9. The number of hydrogen-bond acceptors (Lipinski definition) is 1. The summed E-state index contributed by atoms with van der Waals surface area (Å²) in [6.45, 7) is 0. The summed E-state index contributed by atoms with van der Waals surface area (Å²) in [4.78, 5) is 0. The number of para-hydroxylation sites is 5. The Kier molecular flexibility index (Phi) is 3.31. The Labute approximate surface area is 274 Å². The van der Waals surface area contributed by atoms with Crippen LogP contribution in [0.3, 0.4) is 0 Å². The van der Waals surface area contributed by atoms with Gasteiger partial charge in [-0.15, -0.1) is 0 Å². The highest BCUT2D eigenvalue weighted by Gasteiger charge is 2.20. The lowest BCUT2D eigenvalue weighted by molar-refractivity contribution is 0.669. The number of hydrogen-bond donors (Lipinski definition) is 0. The van der Waals surface area contributed by atoms with Gasteiger partial charge in [-0.1, -0.05) is 103 Å². The van der Waals surface area contributed by atoms with Gasteiger partial charge in [-0.25, -0.2) is 0 Å². The van der Waals surface area contributed by atoms with Crippen LogP contribution >= 0.6 is 0 Å². The van der Waals surface area contributed by atoms with Crippen molar-refractivity contribution in [3.8, 4) is 22.5 Å². The summed E-state index contributed by atoms with van der Waals surface area (Å²) in [5.41, 5.74) is 2.15. The molecular weight excluding hydrogens is 548 g/mol. The molecular formula is C42H26N2O. The van der Waals surface area contributed by atoms with Gasteiger partial charge >= 0.3 is 0 Å². The van der Waals surface area contributed by atoms with Gasteiger partial charge in [0.05, 0.1) is 42.8 Å². The van der Waals surface area contributed by atoms with E-state index in [1.807, 2.05) is 66.7 Å². The summed E-state index contributed by atoms with van der Waals surface area (Å²) in [6.07, 6.45) is 0. The SMILES string of the molecule is [2H]c1c([2H])c([2H])c(-n2c3c([2H])c([2H])c([2H])c([2H])c3c3c([2H])c(-n4c5ccccc5c5ccccc54)c([2H])c([2H])c32)c(-c2cccc3oc4ccccc4c23)c1[2H]. The molecule has 0 unspecified atom stereocenters. The van der Waals surface area contributed by atoms with Crippen LogP contribution in [-0.4, -0.2) is 9.13 Å². The lowest BCUT2D eigenvalue weighted by Crippen LogP contribution is -1.98. The first kappa shape index (κ1) is 16.1. The molecule has 10 rings (SSSR count). The zero-order valence-corrected chi connectivity index (χ0v) is 23.5. The number of aromatic nitrogens is 2. The molecule has 0 N–H and O–H groups in total. The van der Waals surface area contributed by atoms with Gasteiger partial charge in [-0.05, 0) is 60.0 Å². The van der Waals surface area contributed by atoms with Crippen molar-refractivity contribution in [2.24, 2.45) is 0 Å². The summed E-state index contributed by atoms with van der Waals surface area (Å²) < 4.78 is 111. The van der Waals surface area contributed by atoms with Crippen LogP contribution in [-0.2, 0) is 0 Å². The molecule has 0 bridgehead atoms. The Morgan fingerprint density at radius 1 is 0.444 bits per heavy atom. The molecule has 0 saturated heterocycles. The minimum atomic E-state index is -0.612. The predicted octanol–water partition coefficient (Wildman–Crippen LogP) is 11.4. The van der Waals surface area contributed by atoms with E-state index in [1.54, 1.807) is 28.8 Å². The van der Waals surface area contributed by atoms with Gasteiger partial charge in [0.2, 0.25) is 0 Å². The van der Waals surface area contributed by atoms with Crippen LogP contribution in [0.25, 0.3) is 88.1 Å². The van der Waals surface area contributed by atoms with E-state index in [0.29, 0.717) is 38.5 Å². The summed E-state index contributed by atoms with van der Waals surface area (Å²) in [7, 11) is 0. The second-order valence-electron chi connectivity index (χ2n) is 10.9. The molecule has 10 aromatic rings. The van der Waals surface area contributed by atoms with E-state index in [0.717, 1.165) is 10.8 Å². The van der Waals surface area contributed by atoms with Gasteiger partial charge < -0.3 is 13.6 Å². The highest BCUT2D eigenvalue weighted by Crippen LogP contribution is 2.42. The molecule has 3 aromatic heterocycles. The third kappa shape index (κ3) is 3.41. The summed E-state index contributed by atoms with van der Waals surface area (Å²) in [5.74, 6) is 0.